The third-order valence-corrected chi connectivity index (χ3v) is 6.37. The molecule has 2 aliphatic rings. The molecule has 5 nitrogen and oxygen atoms in total. The SMILES string of the molecule is Cc1c(C(O)C(C)C)nc2n1CCc1ccccc1C2OC1CCN(C)CC1. The van der Waals surface area contributed by atoms with Crippen molar-refractivity contribution in [3.63, 3.8) is 0 Å². The number of fused-ring (bicyclic) bond motifs is 2. The van der Waals surface area contributed by atoms with E-state index in [9.17, 15) is 5.11 Å². The fraction of sp³-hybridized carbons (Fsp3) is 0.609. The van der Waals surface area contributed by atoms with Crippen molar-refractivity contribution in [2.24, 2.45) is 5.92 Å². The summed E-state index contributed by atoms with van der Waals surface area (Å²) in [6.07, 6.45) is 2.60. The number of aryl methyl sites for hydroxylation is 1. The van der Waals surface area contributed by atoms with Crippen molar-refractivity contribution in [1.82, 2.24) is 14.5 Å². The summed E-state index contributed by atoms with van der Waals surface area (Å²) in [6, 6.07) is 8.61. The molecule has 0 amide bonds. The zero-order chi connectivity index (χ0) is 19.8. The zero-order valence-electron chi connectivity index (χ0n) is 17.6. The van der Waals surface area contributed by atoms with Gasteiger partial charge >= 0.3 is 0 Å². The van der Waals surface area contributed by atoms with Crippen LogP contribution >= 0.6 is 0 Å². The highest BCUT2D eigenvalue weighted by molar-refractivity contribution is 5.36. The quantitative estimate of drug-likeness (QED) is 0.876. The molecule has 1 saturated heterocycles. The van der Waals surface area contributed by atoms with Gasteiger partial charge in [0.1, 0.15) is 18.0 Å². The number of aliphatic hydroxyl groups is 1. The van der Waals surface area contributed by atoms with E-state index in [-0.39, 0.29) is 18.1 Å². The third kappa shape index (κ3) is 3.63. The van der Waals surface area contributed by atoms with Gasteiger partial charge in [0.15, 0.2) is 0 Å². The molecule has 2 unspecified atom stereocenters. The minimum Gasteiger partial charge on any atom is -0.386 e. The highest BCUT2D eigenvalue weighted by Crippen LogP contribution is 2.37. The summed E-state index contributed by atoms with van der Waals surface area (Å²) in [7, 11) is 2.17. The third-order valence-electron chi connectivity index (χ3n) is 6.37. The van der Waals surface area contributed by atoms with Crippen LogP contribution in [0.4, 0.5) is 0 Å². The van der Waals surface area contributed by atoms with Gasteiger partial charge in [0.05, 0.1) is 11.8 Å². The number of likely N-dealkylation sites (tertiary alicyclic amines) is 1. The summed E-state index contributed by atoms with van der Waals surface area (Å²) in [6.45, 7) is 9.18. The number of benzene rings is 1. The average molecular weight is 384 g/mol. The van der Waals surface area contributed by atoms with Gasteiger partial charge in [-0.1, -0.05) is 38.1 Å². The van der Waals surface area contributed by atoms with Gasteiger partial charge in [0.2, 0.25) is 0 Å². The average Bonchev–Trinajstić information content (AvgIpc) is 2.93. The molecule has 0 aliphatic carbocycles. The van der Waals surface area contributed by atoms with Gasteiger partial charge in [-0.3, -0.25) is 0 Å². The van der Waals surface area contributed by atoms with E-state index in [2.05, 4.69) is 47.7 Å². The maximum absolute atomic E-state index is 10.7. The van der Waals surface area contributed by atoms with E-state index >= 15 is 0 Å². The predicted molar refractivity (Wildman–Crippen MR) is 110 cm³/mol. The van der Waals surface area contributed by atoms with Crippen LogP contribution in [0.25, 0.3) is 0 Å². The Bertz CT molecular complexity index is 821. The van der Waals surface area contributed by atoms with Gasteiger partial charge in [-0.2, -0.15) is 0 Å². The van der Waals surface area contributed by atoms with E-state index in [4.69, 9.17) is 9.72 Å². The molecule has 4 rings (SSSR count). The number of hydrogen-bond acceptors (Lipinski definition) is 4. The molecule has 1 fully saturated rings. The number of nitrogens with zero attached hydrogens (tertiary/aromatic N) is 3. The number of imidazole rings is 1. The monoisotopic (exact) mass is 383 g/mol. The molecule has 2 aromatic rings. The van der Waals surface area contributed by atoms with Crippen LogP contribution in [0, 0.1) is 12.8 Å². The van der Waals surface area contributed by atoms with Gasteiger partial charge in [0, 0.05) is 25.3 Å². The maximum atomic E-state index is 10.7. The Morgan fingerprint density at radius 1 is 1.14 bits per heavy atom. The van der Waals surface area contributed by atoms with Crippen molar-refractivity contribution in [3.8, 4) is 0 Å². The molecule has 3 heterocycles. The first kappa shape index (κ1) is 19.6. The fourth-order valence-electron chi connectivity index (χ4n) is 4.49. The topological polar surface area (TPSA) is 50.5 Å². The van der Waals surface area contributed by atoms with Crippen molar-refractivity contribution >= 4 is 0 Å². The smallest absolute Gasteiger partial charge is 0.143 e. The van der Waals surface area contributed by atoms with Crippen LogP contribution < -0.4 is 0 Å². The lowest BCUT2D eigenvalue weighted by Crippen LogP contribution is -2.35. The van der Waals surface area contributed by atoms with E-state index in [1.807, 2.05) is 13.8 Å². The molecule has 2 aliphatic heterocycles. The van der Waals surface area contributed by atoms with E-state index in [0.717, 1.165) is 56.1 Å². The Labute approximate surface area is 168 Å². The second kappa shape index (κ2) is 7.97. The number of rotatable bonds is 4. The number of ether oxygens (including phenoxy) is 1. The first-order chi connectivity index (χ1) is 13.5. The van der Waals surface area contributed by atoms with Crippen molar-refractivity contribution in [2.75, 3.05) is 20.1 Å². The van der Waals surface area contributed by atoms with Crippen LogP contribution in [-0.4, -0.2) is 45.8 Å². The molecule has 1 N–H and O–H groups in total. The highest BCUT2D eigenvalue weighted by atomic mass is 16.5. The Morgan fingerprint density at radius 3 is 2.57 bits per heavy atom. The Balaban J connectivity index is 1.74. The molecule has 0 bridgehead atoms. The minimum atomic E-state index is -0.543. The summed E-state index contributed by atoms with van der Waals surface area (Å²) >= 11 is 0. The Hall–Kier alpha value is -1.69. The molecule has 0 saturated carbocycles. The Morgan fingerprint density at radius 2 is 1.86 bits per heavy atom. The first-order valence-electron chi connectivity index (χ1n) is 10.6. The summed E-state index contributed by atoms with van der Waals surface area (Å²) in [5.74, 6) is 1.09. The molecule has 0 radical (unpaired) electrons. The summed E-state index contributed by atoms with van der Waals surface area (Å²) in [5, 5.41) is 10.7. The van der Waals surface area contributed by atoms with Crippen LogP contribution in [0.2, 0.25) is 0 Å². The van der Waals surface area contributed by atoms with Crippen molar-refractivity contribution in [2.45, 2.75) is 64.9 Å². The standard InChI is InChI=1S/C23H33N3O2/c1-15(2)21(27)20-16(3)26-14-9-17-7-5-6-8-19(17)22(23(26)24-20)28-18-10-12-25(4)13-11-18/h5-8,15,18,21-22,27H,9-14H2,1-4H3. The summed E-state index contributed by atoms with van der Waals surface area (Å²) in [5.41, 5.74) is 4.45. The van der Waals surface area contributed by atoms with Gasteiger partial charge in [-0.05, 0) is 50.3 Å². The number of aromatic nitrogens is 2. The van der Waals surface area contributed by atoms with Gasteiger partial charge in [-0.15, -0.1) is 0 Å². The molecular formula is C23H33N3O2. The Kier molecular flexibility index (Phi) is 5.59. The van der Waals surface area contributed by atoms with E-state index in [0.29, 0.717) is 0 Å². The van der Waals surface area contributed by atoms with Gasteiger partial charge in [-0.25, -0.2) is 4.98 Å². The van der Waals surface area contributed by atoms with Crippen LogP contribution in [-0.2, 0) is 17.7 Å². The lowest BCUT2D eigenvalue weighted by molar-refractivity contribution is -0.0277. The lowest BCUT2D eigenvalue weighted by Gasteiger charge is -2.32. The van der Waals surface area contributed by atoms with Crippen molar-refractivity contribution < 1.29 is 9.84 Å². The van der Waals surface area contributed by atoms with Crippen molar-refractivity contribution in [1.29, 1.82) is 0 Å². The number of aliphatic hydroxyl groups excluding tert-OH is 1. The second-order valence-electron chi connectivity index (χ2n) is 8.75. The van der Waals surface area contributed by atoms with Crippen molar-refractivity contribution in [3.05, 3.63) is 52.6 Å². The first-order valence-corrected chi connectivity index (χ1v) is 10.6. The molecule has 1 aromatic heterocycles. The van der Waals surface area contributed by atoms with Crippen LogP contribution in [0.1, 0.15) is 67.2 Å². The molecule has 5 heteroatoms. The van der Waals surface area contributed by atoms with Crippen LogP contribution in [0.3, 0.4) is 0 Å². The van der Waals surface area contributed by atoms with Gasteiger partial charge < -0.3 is 19.3 Å². The summed E-state index contributed by atoms with van der Waals surface area (Å²) < 4.78 is 9.01. The van der Waals surface area contributed by atoms with Crippen LogP contribution in [0.15, 0.2) is 24.3 Å². The largest absolute Gasteiger partial charge is 0.386 e. The maximum Gasteiger partial charge on any atom is 0.143 e. The molecule has 28 heavy (non-hydrogen) atoms. The normalized spacial score (nSPS) is 22.0. The highest BCUT2D eigenvalue weighted by Gasteiger charge is 2.33. The molecular weight excluding hydrogens is 350 g/mol. The number of hydrogen-bond donors (Lipinski definition) is 1. The predicted octanol–water partition coefficient (Wildman–Crippen LogP) is 3.64. The summed E-state index contributed by atoms with van der Waals surface area (Å²) in [4.78, 5) is 7.33. The fourth-order valence-corrected chi connectivity index (χ4v) is 4.49. The van der Waals surface area contributed by atoms with E-state index < -0.39 is 6.10 Å². The molecule has 152 valence electrons. The zero-order valence-corrected chi connectivity index (χ0v) is 17.6. The van der Waals surface area contributed by atoms with Gasteiger partial charge in [0.25, 0.3) is 0 Å². The molecule has 2 atom stereocenters. The molecule has 0 spiro atoms. The van der Waals surface area contributed by atoms with E-state index in [1.165, 1.54) is 11.1 Å². The number of piperidine rings is 1. The second-order valence-corrected chi connectivity index (χ2v) is 8.75. The van der Waals surface area contributed by atoms with Crippen LogP contribution in [0.5, 0.6) is 0 Å². The molecule has 1 aromatic carbocycles. The van der Waals surface area contributed by atoms with E-state index in [1.54, 1.807) is 0 Å². The lowest BCUT2D eigenvalue weighted by atomic mass is 9.99. The minimum absolute atomic E-state index is 0.137.